The molecule has 0 saturated carbocycles. The lowest BCUT2D eigenvalue weighted by atomic mass is 10.00. The Morgan fingerprint density at radius 1 is 1.73 bits per heavy atom. The Morgan fingerprint density at radius 3 is 2.80 bits per heavy atom. The van der Waals surface area contributed by atoms with Crippen LogP contribution in [0.2, 0.25) is 0 Å². The largest absolute Gasteiger partial charge is 0.393 e. The molecule has 0 bridgehead atoms. The van der Waals surface area contributed by atoms with Crippen molar-refractivity contribution >= 4 is 0 Å². The highest BCUT2D eigenvalue weighted by Crippen LogP contribution is 2.39. The van der Waals surface area contributed by atoms with E-state index in [4.69, 9.17) is 14.6 Å². The molecule has 0 radical (unpaired) electrons. The van der Waals surface area contributed by atoms with Gasteiger partial charge in [0.25, 0.3) is 0 Å². The molecule has 3 nitrogen and oxygen atoms in total. The summed E-state index contributed by atoms with van der Waals surface area (Å²) in [4.78, 5) is 0. The summed E-state index contributed by atoms with van der Waals surface area (Å²) in [7, 11) is 1.68. The van der Waals surface area contributed by atoms with E-state index in [1.165, 1.54) is 0 Å². The minimum Gasteiger partial charge on any atom is -0.393 e. The first-order valence-corrected chi connectivity index (χ1v) is 5.18. The molecule has 0 unspecified atom stereocenters. The molecule has 0 spiro atoms. The van der Waals surface area contributed by atoms with Gasteiger partial charge in [-0.15, -0.1) is 0 Å². The summed E-state index contributed by atoms with van der Waals surface area (Å²) in [5.74, 6) is 0. The van der Waals surface area contributed by atoms with Crippen molar-refractivity contribution in [2.24, 2.45) is 0 Å². The predicted octanol–water partition coefficient (Wildman–Crippen LogP) is 1.67. The normalized spacial score (nSPS) is 32.5. The predicted molar refractivity (Wildman–Crippen MR) is 59.7 cm³/mol. The summed E-state index contributed by atoms with van der Waals surface area (Å²) >= 11 is 0. The summed E-state index contributed by atoms with van der Waals surface area (Å²) in [6.07, 6.45) is 4.61. The Bertz CT molecular complexity index is 260. The summed E-state index contributed by atoms with van der Waals surface area (Å²) in [6.45, 7) is 7.64. The van der Waals surface area contributed by atoms with Crippen LogP contribution in [-0.4, -0.2) is 36.6 Å². The summed E-state index contributed by atoms with van der Waals surface area (Å²) < 4.78 is 10.8. The molecule has 3 atom stereocenters. The minimum absolute atomic E-state index is 0.0429. The standard InChI is InChI=1S/C12H20O3/c1-5-6-9(2)10(14-4)7-11-12(3,8-13)15-11/h5-6,10-11,13H,1,7-8H2,2-4H3/b9-6+/t10-,11+,12+/m1/s1. The topological polar surface area (TPSA) is 42.0 Å². The second kappa shape index (κ2) is 4.92. The van der Waals surface area contributed by atoms with Crippen molar-refractivity contribution in [3.8, 4) is 0 Å². The van der Waals surface area contributed by atoms with Crippen molar-refractivity contribution in [2.45, 2.75) is 38.1 Å². The summed E-state index contributed by atoms with van der Waals surface area (Å²) in [5, 5.41) is 9.07. The monoisotopic (exact) mass is 212 g/mol. The molecule has 1 aliphatic heterocycles. The van der Waals surface area contributed by atoms with E-state index in [2.05, 4.69) is 6.58 Å². The molecule has 1 saturated heterocycles. The maximum Gasteiger partial charge on any atom is 0.115 e. The van der Waals surface area contributed by atoms with Crippen LogP contribution in [0.4, 0.5) is 0 Å². The van der Waals surface area contributed by atoms with Crippen LogP contribution in [0.25, 0.3) is 0 Å². The van der Waals surface area contributed by atoms with Crippen LogP contribution >= 0.6 is 0 Å². The van der Waals surface area contributed by atoms with E-state index in [1.807, 2.05) is 19.9 Å². The van der Waals surface area contributed by atoms with Crippen LogP contribution < -0.4 is 0 Å². The van der Waals surface area contributed by atoms with Crippen LogP contribution in [0.5, 0.6) is 0 Å². The Labute approximate surface area is 91.4 Å². The quantitative estimate of drug-likeness (QED) is 0.538. The van der Waals surface area contributed by atoms with Gasteiger partial charge in [-0.25, -0.2) is 0 Å². The van der Waals surface area contributed by atoms with Gasteiger partial charge >= 0.3 is 0 Å². The van der Waals surface area contributed by atoms with Crippen LogP contribution in [0, 0.1) is 0 Å². The smallest absolute Gasteiger partial charge is 0.115 e. The van der Waals surface area contributed by atoms with Gasteiger partial charge in [0.05, 0.1) is 18.8 Å². The maximum absolute atomic E-state index is 9.07. The van der Waals surface area contributed by atoms with Crippen LogP contribution in [0.3, 0.4) is 0 Å². The molecular weight excluding hydrogens is 192 g/mol. The maximum atomic E-state index is 9.07. The third kappa shape index (κ3) is 2.91. The minimum atomic E-state index is -0.356. The molecule has 1 aliphatic rings. The van der Waals surface area contributed by atoms with Crippen molar-refractivity contribution in [1.82, 2.24) is 0 Å². The number of aliphatic hydroxyl groups is 1. The van der Waals surface area contributed by atoms with Crippen molar-refractivity contribution < 1.29 is 14.6 Å². The molecule has 0 aromatic rings. The highest BCUT2D eigenvalue weighted by Gasteiger charge is 2.52. The second-order valence-corrected chi connectivity index (χ2v) is 4.18. The molecule has 3 heteroatoms. The van der Waals surface area contributed by atoms with E-state index in [0.717, 1.165) is 12.0 Å². The summed E-state index contributed by atoms with van der Waals surface area (Å²) in [6, 6.07) is 0. The zero-order chi connectivity index (χ0) is 11.5. The number of methoxy groups -OCH3 is 1. The number of epoxide rings is 1. The first kappa shape index (κ1) is 12.4. The molecule has 1 N–H and O–H groups in total. The van der Waals surface area contributed by atoms with E-state index >= 15 is 0 Å². The van der Waals surface area contributed by atoms with Crippen molar-refractivity contribution in [3.63, 3.8) is 0 Å². The number of aliphatic hydroxyl groups excluding tert-OH is 1. The van der Waals surface area contributed by atoms with E-state index in [0.29, 0.717) is 0 Å². The van der Waals surface area contributed by atoms with Crippen molar-refractivity contribution in [3.05, 3.63) is 24.3 Å². The van der Waals surface area contributed by atoms with Crippen molar-refractivity contribution in [1.29, 1.82) is 0 Å². The van der Waals surface area contributed by atoms with E-state index in [1.54, 1.807) is 13.2 Å². The molecule has 86 valence electrons. The Balaban J connectivity index is 2.49. The third-order valence-corrected chi connectivity index (χ3v) is 2.95. The third-order valence-electron chi connectivity index (χ3n) is 2.95. The molecule has 0 aromatic carbocycles. The molecular formula is C12H20O3. The average molecular weight is 212 g/mol. The highest BCUT2D eigenvalue weighted by atomic mass is 16.6. The molecule has 15 heavy (non-hydrogen) atoms. The number of hydrogen-bond donors (Lipinski definition) is 1. The molecule has 1 rings (SSSR count). The number of hydrogen-bond acceptors (Lipinski definition) is 3. The second-order valence-electron chi connectivity index (χ2n) is 4.18. The lowest BCUT2D eigenvalue weighted by Crippen LogP contribution is -2.21. The zero-order valence-corrected chi connectivity index (χ0v) is 9.69. The zero-order valence-electron chi connectivity index (χ0n) is 9.69. The Hall–Kier alpha value is -0.640. The van der Waals surface area contributed by atoms with E-state index in [-0.39, 0.29) is 24.4 Å². The van der Waals surface area contributed by atoms with Gasteiger partial charge in [-0.1, -0.05) is 18.7 Å². The first-order valence-electron chi connectivity index (χ1n) is 5.18. The highest BCUT2D eigenvalue weighted by molar-refractivity contribution is 5.14. The Morgan fingerprint density at radius 2 is 2.40 bits per heavy atom. The molecule has 0 aromatic heterocycles. The van der Waals surface area contributed by atoms with E-state index in [9.17, 15) is 0 Å². The van der Waals surface area contributed by atoms with Gasteiger partial charge < -0.3 is 14.6 Å². The van der Waals surface area contributed by atoms with Crippen LogP contribution in [0.1, 0.15) is 20.3 Å². The Kier molecular flexibility index (Phi) is 4.08. The lowest BCUT2D eigenvalue weighted by Gasteiger charge is -2.15. The van der Waals surface area contributed by atoms with Crippen molar-refractivity contribution in [2.75, 3.05) is 13.7 Å². The molecule has 1 heterocycles. The molecule has 0 amide bonds. The fourth-order valence-electron chi connectivity index (χ4n) is 1.68. The van der Waals surface area contributed by atoms with Gasteiger partial charge in [-0.2, -0.15) is 0 Å². The van der Waals surface area contributed by atoms with Gasteiger partial charge in [0.15, 0.2) is 0 Å². The SMILES string of the molecule is C=C/C=C(\C)[C@@H](C[C@@H]1O[C@@]1(C)CO)OC. The van der Waals surface area contributed by atoms with Gasteiger partial charge in [0.1, 0.15) is 5.60 Å². The molecule has 0 aliphatic carbocycles. The lowest BCUT2D eigenvalue weighted by molar-refractivity contribution is 0.116. The van der Waals surface area contributed by atoms with E-state index < -0.39 is 0 Å². The average Bonchev–Trinajstić information content (AvgIpc) is 2.87. The molecule has 1 fully saturated rings. The van der Waals surface area contributed by atoms with Gasteiger partial charge in [0, 0.05) is 13.5 Å². The first-order chi connectivity index (χ1) is 7.07. The van der Waals surface area contributed by atoms with Gasteiger partial charge in [-0.3, -0.25) is 0 Å². The fourth-order valence-corrected chi connectivity index (χ4v) is 1.68. The number of rotatable bonds is 6. The number of ether oxygens (including phenoxy) is 2. The fraction of sp³-hybridized carbons (Fsp3) is 0.667. The van der Waals surface area contributed by atoms with Crippen LogP contribution in [-0.2, 0) is 9.47 Å². The van der Waals surface area contributed by atoms with Crippen LogP contribution in [0.15, 0.2) is 24.3 Å². The van der Waals surface area contributed by atoms with Gasteiger partial charge in [0.2, 0.25) is 0 Å². The van der Waals surface area contributed by atoms with Gasteiger partial charge in [-0.05, 0) is 19.4 Å². The number of allylic oxidation sites excluding steroid dienone is 2. The summed E-state index contributed by atoms with van der Waals surface area (Å²) in [5.41, 5.74) is 0.772.